The van der Waals surface area contributed by atoms with Crippen molar-refractivity contribution in [2.45, 2.75) is 13.5 Å². The Morgan fingerprint density at radius 3 is 3.06 bits per heavy atom. The van der Waals surface area contributed by atoms with Crippen molar-refractivity contribution >= 4 is 5.97 Å². The Bertz CT molecular complexity index is 502. The maximum atomic E-state index is 10.5. The van der Waals surface area contributed by atoms with Crippen molar-refractivity contribution in [1.29, 1.82) is 0 Å². The summed E-state index contributed by atoms with van der Waals surface area (Å²) in [5.41, 5.74) is -0.196. The van der Waals surface area contributed by atoms with Crippen LogP contribution in [0.5, 0.6) is 11.8 Å². The maximum Gasteiger partial charge on any atom is 0.400 e. The highest BCUT2D eigenvalue weighted by atomic mass is 16.6. The Kier molecular flexibility index (Phi) is 2.59. The van der Waals surface area contributed by atoms with Crippen molar-refractivity contribution in [2.75, 3.05) is 0 Å². The van der Waals surface area contributed by atoms with Gasteiger partial charge in [0.2, 0.25) is 0 Å². The van der Waals surface area contributed by atoms with E-state index in [1.54, 1.807) is 10.9 Å². The number of carbonyl (C=O) groups is 1. The quantitative estimate of drug-likeness (QED) is 0.841. The van der Waals surface area contributed by atoms with E-state index in [1.165, 1.54) is 6.20 Å². The molecule has 84 valence electrons. The largest absolute Gasteiger partial charge is 0.476 e. The van der Waals surface area contributed by atoms with Crippen LogP contribution in [0.2, 0.25) is 0 Å². The van der Waals surface area contributed by atoms with Gasteiger partial charge < -0.3 is 14.3 Å². The van der Waals surface area contributed by atoms with E-state index in [4.69, 9.17) is 14.3 Å². The molecule has 0 fully saturated rings. The molecule has 1 N–H and O–H groups in total. The van der Waals surface area contributed by atoms with Gasteiger partial charge in [-0.3, -0.25) is 4.68 Å². The Morgan fingerprint density at radius 2 is 2.50 bits per heavy atom. The molecule has 0 spiro atoms. The maximum absolute atomic E-state index is 10.5. The van der Waals surface area contributed by atoms with Crippen LogP contribution in [-0.2, 0) is 6.54 Å². The third-order valence-electron chi connectivity index (χ3n) is 1.84. The molecule has 0 atom stereocenters. The number of nitrogens with zero attached hydrogens (tertiary/aromatic N) is 3. The number of aromatic nitrogens is 3. The standard InChI is InChI=1S/C9H9N3O4/c1-2-12-4-6(3-10-12)16-9-11-7(5-15-9)8(13)14/h3-5H,2H2,1H3,(H,13,14). The summed E-state index contributed by atoms with van der Waals surface area (Å²) in [6.07, 6.45) is 4.05. The van der Waals surface area contributed by atoms with Crippen molar-refractivity contribution in [3.63, 3.8) is 0 Å². The molecule has 7 nitrogen and oxygen atoms in total. The van der Waals surface area contributed by atoms with E-state index in [0.717, 1.165) is 12.8 Å². The molecule has 16 heavy (non-hydrogen) atoms. The fourth-order valence-corrected chi connectivity index (χ4v) is 1.07. The molecule has 2 heterocycles. The monoisotopic (exact) mass is 223 g/mol. The molecule has 0 bridgehead atoms. The predicted octanol–water partition coefficient (Wildman–Crippen LogP) is 1.38. The average Bonchev–Trinajstić information content (AvgIpc) is 2.87. The first-order valence-corrected chi connectivity index (χ1v) is 4.58. The van der Waals surface area contributed by atoms with Crippen LogP contribution >= 0.6 is 0 Å². The van der Waals surface area contributed by atoms with Crippen LogP contribution in [0.4, 0.5) is 0 Å². The van der Waals surface area contributed by atoms with Crippen LogP contribution in [0.25, 0.3) is 0 Å². The number of carboxylic acids is 1. The zero-order valence-electron chi connectivity index (χ0n) is 8.45. The van der Waals surface area contributed by atoms with E-state index >= 15 is 0 Å². The number of ether oxygens (including phenoxy) is 1. The summed E-state index contributed by atoms with van der Waals surface area (Å²) in [6.45, 7) is 2.65. The lowest BCUT2D eigenvalue weighted by Crippen LogP contribution is -1.95. The highest BCUT2D eigenvalue weighted by molar-refractivity contribution is 5.84. The fourth-order valence-electron chi connectivity index (χ4n) is 1.07. The molecule has 0 aliphatic rings. The second-order valence-electron chi connectivity index (χ2n) is 2.94. The van der Waals surface area contributed by atoms with Crippen LogP contribution in [0.15, 0.2) is 23.1 Å². The Labute approximate surface area is 90.3 Å². The molecule has 0 amide bonds. The first kappa shape index (κ1) is 10.2. The molecule has 0 radical (unpaired) electrons. The highest BCUT2D eigenvalue weighted by Crippen LogP contribution is 2.19. The summed E-state index contributed by atoms with van der Waals surface area (Å²) in [6, 6.07) is 0. The van der Waals surface area contributed by atoms with Gasteiger partial charge in [0, 0.05) is 6.54 Å². The van der Waals surface area contributed by atoms with Gasteiger partial charge in [-0.05, 0) is 6.92 Å². The lowest BCUT2D eigenvalue weighted by atomic mass is 10.5. The van der Waals surface area contributed by atoms with Crippen LogP contribution in [0.3, 0.4) is 0 Å². The summed E-state index contributed by atoms with van der Waals surface area (Å²) in [7, 11) is 0. The number of oxazole rings is 1. The first-order valence-electron chi connectivity index (χ1n) is 4.58. The molecule has 0 saturated heterocycles. The van der Waals surface area contributed by atoms with Gasteiger partial charge in [0.1, 0.15) is 6.26 Å². The van der Waals surface area contributed by atoms with Crippen LogP contribution in [0.1, 0.15) is 17.4 Å². The molecular formula is C9H9N3O4. The van der Waals surface area contributed by atoms with Gasteiger partial charge in [0.15, 0.2) is 11.4 Å². The van der Waals surface area contributed by atoms with Crippen LogP contribution < -0.4 is 4.74 Å². The highest BCUT2D eigenvalue weighted by Gasteiger charge is 2.12. The Balaban J connectivity index is 2.11. The minimum Gasteiger partial charge on any atom is -0.476 e. The van der Waals surface area contributed by atoms with Gasteiger partial charge in [-0.25, -0.2) is 4.79 Å². The van der Waals surface area contributed by atoms with Crippen LogP contribution in [0, 0.1) is 0 Å². The molecule has 7 heteroatoms. The second-order valence-corrected chi connectivity index (χ2v) is 2.94. The number of aryl methyl sites for hydroxylation is 1. The van der Waals surface area contributed by atoms with E-state index in [0.29, 0.717) is 5.75 Å². The van der Waals surface area contributed by atoms with Crippen molar-refractivity contribution in [3.8, 4) is 11.8 Å². The van der Waals surface area contributed by atoms with E-state index in [2.05, 4.69) is 10.1 Å². The van der Waals surface area contributed by atoms with Gasteiger partial charge in [-0.15, -0.1) is 0 Å². The summed E-state index contributed by atoms with van der Waals surface area (Å²) < 4.78 is 11.7. The second kappa shape index (κ2) is 4.05. The number of rotatable bonds is 4. The summed E-state index contributed by atoms with van der Waals surface area (Å²) in [5.74, 6) is -0.719. The van der Waals surface area contributed by atoms with Crippen molar-refractivity contribution < 1.29 is 19.1 Å². The molecule has 0 aromatic carbocycles. The number of hydrogen-bond donors (Lipinski definition) is 1. The molecular weight excluding hydrogens is 214 g/mol. The SMILES string of the molecule is CCn1cc(Oc2nc(C(=O)O)co2)cn1. The number of carboxylic acid groups (broad SMARTS) is 1. The topological polar surface area (TPSA) is 90.4 Å². The summed E-state index contributed by atoms with van der Waals surface area (Å²) in [4.78, 5) is 14.1. The van der Waals surface area contributed by atoms with Gasteiger partial charge in [0.05, 0.1) is 12.4 Å². The first-order chi connectivity index (χ1) is 7.69. The van der Waals surface area contributed by atoms with E-state index in [9.17, 15) is 4.79 Å². The minimum atomic E-state index is -1.16. The normalized spacial score (nSPS) is 10.3. The Morgan fingerprint density at radius 1 is 1.69 bits per heavy atom. The van der Waals surface area contributed by atoms with Gasteiger partial charge in [0.25, 0.3) is 0 Å². The van der Waals surface area contributed by atoms with Crippen molar-refractivity contribution in [3.05, 3.63) is 24.4 Å². The molecule has 2 rings (SSSR count). The molecule has 0 aliphatic heterocycles. The van der Waals surface area contributed by atoms with Gasteiger partial charge in [-0.2, -0.15) is 10.1 Å². The number of hydrogen-bond acceptors (Lipinski definition) is 5. The zero-order valence-corrected chi connectivity index (χ0v) is 8.45. The molecule has 0 aliphatic carbocycles. The van der Waals surface area contributed by atoms with E-state index in [1.807, 2.05) is 6.92 Å². The third kappa shape index (κ3) is 2.02. The Hall–Kier alpha value is -2.31. The predicted molar refractivity (Wildman–Crippen MR) is 51.4 cm³/mol. The lowest BCUT2D eigenvalue weighted by molar-refractivity contribution is 0.0690. The van der Waals surface area contributed by atoms with E-state index < -0.39 is 5.97 Å². The number of aromatic carboxylic acids is 1. The van der Waals surface area contributed by atoms with Crippen molar-refractivity contribution in [2.24, 2.45) is 0 Å². The van der Waals surface area contributed by atoms with Gasteiger partial charge >= 0.3 is 12.0 Å². The van der Waals surface area contributed by atoms with Crippen LogP contribution in [-0.4, -0.2) is 25.8 Å². The summed E-state index contributed by atoms with van der Waals surface area (Å²) in [5, 5.41) is 12.6. The minimum absolute atomic E-state index is 0.118. The third-order valence-corrected chi connectivity index (χ3v) is 1.84. The van der Waals surface area contributed by atoms with Crippen molar-refractivity contribution in [1.82, 2.24) is 14.8 Å². The molecule has 0 unspecified atom stereocenters. The lowest BCUT2D eigenvalue weighted by Gasteiger charge is -1.94. The van der Waals surface area contributed by atoms with Gasteiger partial charge in [-0.1, -0.05) is 0 Å². The molecule has 2 aromatic rings. The molecule has 2 aromatic heterocycles. The average molecular weight is 223 g/mol. The van der Waals surface area contributed by atoms with E-state index in [-0.39, 0.29) is 11.8 Å². The smallest absolute Gasteiger partial charge is 0.400 e. The molecule has 0 saturated carbocycles. The zero-order chi connectivity index (χ0) is 11.5. The fraction of sp³-hybridized carbons (Fsp3) is 0.222. The summed E-state index contributed by atoms with van der Waals surface area (Å²) >= 11 is 0.